The zero-order valence-corrected chi connectivity index (χ0v) is 13.4. The molecule has 0 fully saturated rings. The number of nitrogens with zero attached hydrogens (tertiary/aromatic N) is 2. The number of hydrogen-bond acceptors (Lipinski definition) is 5. The number of ether oxygens (including phenoxy) is 1. The average molecular weight is 285 g/mol. The molecule has 5 heteroatoms. The lowest BCUT2D eigenvalue weighted by molar-refractivity contribution is 0.154. The van der Waals surface area contributed by atoms with E-state index < -0.39 is 0 Å². The molecule has 0 atom stereocenters. The maximum atomic E-state index is 5.41. The Bertz CT molecular complexity index is 341. The molecule has 0 aromatic carbocycles. The van der Waals surface area contributed by atoms with Crippen LogP contribution in [0.1, 0.15) is 33.4 Å². The van der Waals surface area contributed by atoms with E-state index in [-0.39, 0.29) is 0 Å². The molecule has 1 rings (SSSR count). The van der Waals surface area contributed by atoms with Gasteiger partial charge in [-0.05, 0) is 26.3 Å². The van der Waals surface area contributed by atoms with Crippen LogP contribution in [0.5, 0.6) is 0 Å². The molecular formula is C14H27N3OS. The van der Waals surface area contributed by atoms with Crippen molar-refractivity contribution in [3.8, 4) is 0 Å². The lowest BCUT2D eigenvalue weighted by Gasteiger charge is -2.19. The molecule has 1 N–H and O–H groups in total. The minimum absolute atomic E-state index is 0.677. The molecule has 0 spiro atoms. The first kappa shape index (κ1) is 16.4. The third kappa shape index (κ3) is 6.36. The Morgan fingerprint density at radius 1 is 1.42 bits per heavy atom. The van der Waals surface area contributed by atoms with Gasteiger partial charge in [0.25, 0.3) is 0 Å². The first-order valence-corrected chi connectivity index (χ1v) is 8.03. The first-order chi connectivity index (χ1) is 9.17. The van der Waals surface area contributed by atoms with E-state index in [2.05, 4.69) is 41.4 Å². The second-order valence-corrected chi connectivity index (χ2v) is 5.76. The second-order valence-electron chi connectivity index (χ2n) is 4.92. The minimum atomic E-state index is 0.677. The summed E-state index contributed by atoms with van der Waals surface area (Å²) in [5, 5.41) is 6.67. The second kappa shape index (κ2) is 9.28. The predicted molar refractivity (Wildman–Crippen MR) is 83.0 cm³/mol. The van der Waals surface area contributed by atoms with Crippen molar-refractivity contribution in [2.24, 2.45) is 5.92 Å². The van der Waals surface area contributed by atoms with Crippen molar-refractivity contribution in [2.45, 2.75) is 34.2 Å². The van der Waals surface area contributed by atoms with Crippen molar-refractivity contribution in [3.63, 3.8) is 0 Å². The fraction of sp³-hybridized carbons (Fsp3) is 0.786. The number of aromatic nitrogens is 1. The standard InChI is InChI=1S/C14H27N3OS/c1-5-17(7-8-18-6-2)14-16-13(11-19-14)10-15-9-12(3)4/h11-12,15H,5-10H2,1-4H3. The lowest BCUT2D eigenvalue weighted by atomic mass is 10.2. The van der Waals surface area contributed by atoms with Gasteiger partial charge in [-0.25, -0.2) is 4.98 Å². The molecule has 4 nitrogen and oxygen atoms in total. The van der Waals surface area contributed by atoms with E-state index in [1.54, 1.807) is 11.3 Å². The van der Waals surface area contributed by atoms with Gasteiger partial charge in [0.1, 0.15) is 0 Å². The van der Waals surface area contributed by atoms with Gasteiger partial charge >= 0.3 is 0 Å². The topological polar surface area (TPSA) is 37.4 Å². The van der Waals surface area contributed by atoms with Crippen molar-refractivity contribution < 1.29 is 4.74 Å². The van der Waals surface area contributed by atoms with Crippen LogP contribution in [0.15, 0.2) is 5.38 Å². The number of anilines is 1. The summed E-state index contributed by atoms with van der Waals surface area (Å²) in [6.07, 6.45) is 0. The Labute approximate surface area is 121 Å². The largest absolute Gasteiger partial charge is 0.380 e. The number of thiazole rings is 1. The van der Waals surface area contributed by atoms with Crippen LogP contribution in [0.2, 0.25) is 0 Å². The molecule has 0 aliphatic heterocycles. The van der Waals surface area contributed by atoms with Gasteiger partial charge in [0.2, 0.25) is 0 Å². The fourth-order valence-corrected chi connectivity index (χ4v) is 2.64. The quantitative estimate of drug-likeness (QED) is 0.671. The van der Waals surface area contributed by atoms with E-state index in [1.807, 2.05) is 6.92 Å². The summed E-state index contributed by atoms with van der Waals surface area (Å²) >= 11 is 1.72. The predicted octanol–water partition coefficient (Wildman–Crippen LogP) is 2.75. The van der Waals surface area contributed by atoms with Crippen LogP contribution in [-0.2, 0) is 11.3 Å². The van der Waals surface area contributed by atoms with Crippen LogP contribution in [0.25, 0.3) is 0 Å². The number of nitrogens with one attached hydrogen (secondary N) is 1. The molecule has 1 aromatic heterocycles. The highest BCUT2D eigenvalue weighted by molar-refractivity contribution is 7.13. The summed E-state index contributed by atoms with van der Waals surface area (Å²) < 4.78 is 5.41. The summed E-state index contributed by atoms with van der Waals surface area (Å²) in [7, 11) is 0. The van der Waals surface area contributed by atoms with E-state index in [0.29, 0.717) is 5.92 Å². The maximum absolute atomic E-state index is 5.41. The maximum Gasteiger partial charge on any atom is 0.185 e. The summed E-state index contributed by atoms with van der Waals surface area (Å²) in [6, 6.07) is 0. The van der Waals surface area contributed by atoms with Crippen molar-refractivity contribution in [3.05, 3.63) is 11.1 Å². The van der Waals surface area contributed by atoms with Gasteiger partial charge in [-0.2, -0.15) is 0 Å². The van der Waals surface area contributed by atoms with Crippen LogP contribution < -0.4 is 10.2 Å². The normalized spacial score (nSPS) is 11.2. The summed E-state index contributed by atoms with van der Waals surface area (Å²) in [4.78, 5) is 6.95. The number of rotatable bonds is 10. The van der Waals surface area contributed by atoms with Gasteiger partial charge < -0.3 is 15.0 Å². The molecule has 0 amide bonds. The van der Waals surface area contributed by atoms with Crippen LogP contribution in [0.3, 0.4) is 0 Å². The zero-order chi connectivity index (χ0) is 14.1. The highest BCUT2D eigenvalue weighted by atomic mass is 32.1. The van der Waals surface area contributed by atoms with Crippen molar-refractivity contribution in [1.29, 1.82) is 0 Å². The van der Waals surface area contributed by atoms with Gasteiger partial charge in [-0.15, -0.1) is 11.3 Å². The van der Waals surface area contributed by atoms with Crippen LogP contribution in [0, 0.1) is 5.92 Å². The van der Waals surface area contributed by atoms with E-state index >= 15 is 0 Å². The van der Waals surface area contributed by atoms with Crippen molar-refractivity contribution in [1.82, 2.24) is 10.3 Å². The van der Waals surface area contributed by atoms with Gasteiger partial charge in [0.05, 0.1) is 12.3 Å². The Hall–Kier alpha value is -0.650. The van der Waals surface area contributed by atoms with E-state index in [0.717, 1.165) is 50.2 Å². The summed E-state index contributed by atoms with van der Waals surface area (Å²) in [5.74, 6) is 0.677. The summed E-state index contributed by atoms with van der Waals surface area (Å²) in [6.45, 7) is 13.9. The molecule has 0 unspecified atom stereocenters. The Kier molecular flexibility index (Phi) is 8.02. The van der Waals surface area contributed by atoms with Crippen molar-refractivity contribution >= 4 is 16.5 Å². The molecule has 19 heavy (non-hydrogen) atoms. The lowest BCUT2D eigenvalue weighted by Crippen LogP contribution is -2.27. The fourth-order valence-electron chi connectivity index (χ4n) is 1.72. The molecule has 0 saturated heterocycles. The van der Waals surface area contributed by atoms with Gasteiger partial charge in [-0.3, -0.25) is 0 Å². The minimum Gasteiger partial charge on any atom is -0.380 e. The molecular weight excluding hydrogens is 258 g/mol. The molecule has 0 radical (unpaired) electrons. The smallest absolute Gasteiger partial charge is 0.185 e. The summed E-state index contributed by atoms with van der Waals surface area (Å²) in [5.41, 5.74) is 1.13. The molecule has 0 aliphatic rings. The number of likely N-dealkylation sites (N-methyl/N-ethyl adjacent to an activating group) is 1. The molecule has 0 bridgehead atoms. The van der Waals surface area contributed by atoms with Gasteiger partial charge in [-0.1, -0.05) is 13.8 Å². The van der Waals surface area contributed by atoms with Gasteiger partial charge in [0, 0.05) is 31.6 Å². The molecule has 1 heterocycles. The monoisotopic (exact) mass is 285 g/mol. The van der Waals surface area contributed by atoms with E-state index in [4.69, 9.17) is 4.74 Å². The zero-order valence-electron chi connectivity index (χ0n) is 12.6. The van der Waals surface area contributed by atoms with E-state index in [1.165, 1.54) is 0 Å². The third-order valence-corrected chi connectivity index (χ3v) is 3.71. The molecule has 1 aromatic rings. The molecule has 110 valence electrons. The van der Waals surface area contributed by atoms with Crippen molar-refractivity contribution in [2.75, 3.05) is 37.7 Å². The first-order valence-electron chi connectivity index (χ1n) is 7.15. The molecule has 0 saturated carbocycles. The SMILES string of the molecule is CCOCCN(CC)c1nc(CNCC(C)C)cs1. The van der Waals surface area contributed by atoms with Gasteiger partial charge in [0.15, 0.2) is 5.13 Å². The van der Waals surface area contributed by atoms with Crippen LogP contribution in [-0.4, -0.2) is 37.8 Å². The highest BCUT2D eigenvalue weighted by Crippen LogP contribution is 2.20. The Balaban J connectivity index is 2.42. The van der Waals surface area contributed by atoms with Crippen LogP contribution in [0.4, 0.5) is 5.13 Å². The average Bonchev–Trinajstić information content (AvgIpc) is 2.83. The Morgan fingerprint density at radius 3 is 2.84 bits per heavy atom. The van der Waals surface area contributed by atoms with Crippen LogP contribution >= 0.6 is 11.3 Å². The third-order valence-electron chi connectivity index (χ3n) is 2.76. The Morgan fingerprint density at radius 2 is 2.21 bits per heavy atom. The highest BCUT2D eigenvalue weighted by Gasteiger charge is 2.09. The number of hydrogen-bond donors (Lipinski definition) is 1. The molecule has 0 aliphatic carbocycles. The van der Waals surface area contributed by atoms with E-state index in [9.17, 15) is 0 Å².